The molecule has 2 aliphatic rings. The third-order valence-corrected chi connectivity index (χ3v) is 3.63. The number of hydrogen-bond donors (Lipinski definition) is 3. The number of rotatable bonds is 4. The zero-order valence-electron chi connectivity index (χ0n) is 13.8. The van der Waals surface area contributed by atoms with Gasteiger partial charge in [-0.1, -0.05) is 12.1 Å². The molecule has 0 aliphatic carbocycles. The van der Waals surface area contributed by atoms with E-state index < -0.39 is 11.9 Å². The zero-order chi connectivity index (χ0) is 18.2. The van der Waals surface area contributed by atoms with Gasteiger partial charge in [0, 0.05) is 24.3 Å². The predicted molar refractivity (Wildman–Crippen MR) is 90.1 cm³/mol. The molecule has 0 saturated heterocycles. The van der Waals surface area contributed by atoms with Crippen LogP contribution in [0, 0.1) is 0 Å². The molecule has 25 heavy (non-hydrogen) atoms. The van der Waals surface area contributed by atoms with E-state index in [0.29, 0.717) is 12.2 Å². The Balaban J connectivity index is 0.000000242. The first kappa shape index (κ1) is 18.5. The Kier molecular flexibility index (Phi) is 6.53. The van der Waals surface area contributed by atoms with Gasteiger partial charge in [0.1, 0.15) is 17.7 Å². The molecule has 0 aromatic heterocycles. The summed E-state index contributed by atoms with van der Waals surface area (Å²) in [4.78, 5) is 23.6. The second-order valence-corrected chi connectivity index (χ2v) is 5.23. The maximum atomic E-state index is 9.55. The summed E-state index contributed by atoms with van der Waals surface area (Å²) in [6.07, 6.45) is 1.98. The van der Waals surface area contributed by atoms with Gasteiger partial charge in [-0.05, 0) is 18.1 Å². The lowest BCUT2D eigenvalue weighted by atomic mass is 9.96. The number of carbonyl (C=O) groups is 2. The van der Waals surface area contributed by atoms with Gasteiger partial charge in [0.25, 0.3) is 0 Å². The molecule has 1 aromatic rings. The minimum atomic E-state index is -1.26. The van der Waals surface area contributed by atoms with Crippen molar-refractivity contribution in [2.45, 2.75) is 12.5 Å². The third kappa shape index (κ3) is 5.05. The molecule has 3 N–H and O–H groups in total. The van der Waals surface area contributed by atoms with Gasteiger partial charge in [-0.2, -0.15) is 0 Å². The fourth-order valence-corrected chi connectivity index (χ4v) is 2.62. The molecule has 1 atom stereocenters. The van der Waals surface area contributed by atoms with Gasteiger partial charge in [-0.15, -0.1) is 0 Å². The van der Waals surface area contributed by atoms with Crippen molar-refractivity contribution in [3.05, 3.63) is 41.5 Å². The number of nitrogens with zero attached hydrogens (tertiary/aromatic N) is 1. The molecule has 0 saturated carbocycles. The maximum absolute atomic E-state index is 9.55. The van der Waals surface area contributed by atoms with Crippen LogP contribution in [0.1, 0.15) is 17.2 Å². The SMILES string of the molecule is COc1cccc2c1CCOC2C1=NCCN1.O=C(O)/C=C/C(=O)O. The number of nitrogens with one attached hydrogen (secondary N) is 1. The number of aliphatic carboxylic acids is 2. The predicted octanol–water partition coefficient (Wildman–Crippen LogP) is 1.02. The molecule has 0 amide bonds. The van der Waals surface area contributed by atoms with Gasteiger partial charge in [-0.3, -0.25) is 4.99 Å². The summed E-state index contributed by atoms with van der Waals surface area (Å²) in [5.41, 5.74) is 2.44. The topological polar surface area (TPSA) is 117 Å². The number of carboxylic acids is 2. The molecule has 1 aromatic carbocycles. The number of aliphatic imine (C=N–C) groups is 1. The first-order chi connectivity index (χ1) is 12.0. The van der Waals surface area contributed by atoms with Crippen molar-refractivity contribution in [1.82, 2.24) is 5.32 Å². The largest absolute Gasteiger partial charge is 0.496 e. The molecule has 134 valence electrons. The highest BCUT2D eigenvalue weighted by atomic mass is 16.5. The lowest BCUT2D eigenvalue weighted by Crippen LogP contribution is -2.31. The van der Waals surface area contributed by atoms with E-state index in [1.807, 2.05) is 12.1 Å². The van der Waals surface area contributed by atoms with Gasteiger partial charge < -0.3 is 25.0 Å². The highest BCUT2D eigenvalue weighted by Gasteiger charge is 2.28. The molecule has 8 nitrogen and oxygen atoms in total. The standard InChI is InChI=1S/C13H16N2O2.C4H4O4/c1-16-11-4-2-3-10-9(11)5-8-17-12(10)13-14-6-7-15-13;5-3(6)1-2-4(7)8/h2-4,12H,5-8H2,1H3,(H,14,15);1-2H,(H,5,6)(H,7,8)/b;2-1+. The van der Waals surface area contributed by atoms with Crippen molar-refractivity contribution in [2.24, 2.45) is 4.99 Å². The van der Waals surface area contributed by atoms with Crippen LogP contribution in [-0.2, 0) is 20.7 Å². The molecule has 0 radical (unpaired) electrons. The van der Waals surface area contributed by atoms with Crippen molar-refractivity contribution in [2.75, 3.05) is 26.8 Å². The molecule has 0 bridgehead atoms. The summed E-state index contributed by atoms with van der Waals surface area (Å²) in [5.74, 6) is -0.603. The van der Waals surface area contributed by atoms with Gasteiger partial charge in [0.2, 0.25) is 0 Å². The van der Waals surface area contributed by atoms with E-state index in [4.69, 9.17) is 19.7 Å². The summed E-state index contributed by atoms with van der Waals surface area (Å²) >= 11 is 0. The van der Waals surface area contributed by atoms with Crippen LogP contribution in [0.5, 0.6) is 5.75 Å². The fourth-order valence-electron chi connectivity index (χ4n) is 2.62. The summed E-state index contributed by atoms with van der Waals surface area (Å²) in [6.45, 7) is 2.47. The molecular weight excluding hydrogens is 328 g/mol. The summed E-state index contributed by atoms with van der Waals surface area (Å²) in [5, 5.41) is 18.9. The van der Waals surface area contributed by atoms with Crippen LogP contribution in [0.15, 0.2) is 35.3 Å². The Labute approximate surface area is 144 Å². The van der Waals surface area contributed by atoms with E-state index in [1.165, 1.54) is 11.1 Å². The van der Waals surface area contributed by atoms with Crippen molar-refractivity contribution in [3.8, 4) is 5.75 Å². The Morgan fingerprint density at radius 2 is 2.04 bits per heavy atom. The lowest BCUT2D eigenvalue weighted by molar-refractivity contribution is -0.134. The molecule has 1 unspecified atom stereocenters. The minimum absolute atomic E-state index is 0.0450. The molecular formula is C17H20N2O6. The summed E-state index contributed by atoms with van der Waals surface area (Å²) in [6, 6.07) is 6.12. The molecule has 0 fully saturated rings. The van der Waals surface area contributed by atoms with Crippen LogP contribution in [0.2, 0.25) is 0 Å². The molecule has 0 spiro atoms. The Hall–Kier alpha value is -2.87. The van der Waals surface area contributed by atoms with Crippen molar-refractivity contribution in [3.63, 3.8) is 0 Å². The zero-order valence-corrected chi connectivity index (χ0v) is 13.8. The van der Waals surface area contributed by atoms with Crippen LogP contribution in [0.25, 0.3) is 0 Å². The normalized spacial score (nSPS) is 18.4. The van der Waals surface area contributed by atoms with Crippen LogP contribution < -0.4 is 10.1 Å². The highest BCUT2D eigenvalue weighted by Crippen LogP contribution is 2.33. The summed E-state index contributed by atoms with van der Waals surface area (Å²) in [7, 11) is 1.71. The number of methoxy groups -OCH3 is 1. The van der Waals surface area contributed by atoms with Crippen LogP contribution in [0.4, 0.5) is 0 Å². The minimum Gasteiger partial charge on any atom is -0.496 e. The molecule has 3 rings (SSSR count). The van der Waals surface area contributed by atoms with Crippen LogP contribution in [-0.4, -0.2) is 54.8 Å². The first-order valence-electron chi connectivity index (χ1n) is 7.72. The molecule has 2 heterocycles. The number of benzene rings is 1. The second-order valence-electron chi connectivity index (χ2n) is 5.23. The number of carboxylic acid groups (broad SMARTS) is 2. The number of amidine groups is 1. The van der Waals surface area contributed by atoms with Gasteiger partial charge >= 0.3 is 11.9 Å². The Morgan fingerprint density at radius 1 is 1.32 bits per heavy atom. The van der Waals surface area contributed by atoms with E-state index >= 15 is 0 Å². The Morgan fingerprint density at radius 3 is 2.60 bits per heavy atom. The van der Waals surface area contributed by atoms with Crippen molar-refractivity contribution < 1.29 is 29.3 Å². The molecule has 8 heteroatoms. The second kappa shape index (κ2) is 8.84. The third-order valence-electron chi connectivity index (χ3n) is 3.63. The monoisotopic (exact) mass is 348 g/mol. The van der Waals surface area contributed by atoms with Crippen molar-refractivity contribution >= 4 is 17.8 Å². The molecule has 2 aliphatic heterocycles. The summed E-state index contributed by atoms with van der Waals surface area (Å²) < 4.78 is 11.2. The fraction of sp³-hybridized carbons (Fsp3) is 0.353. The van der Waals surface area contributed by atoms with Gasteiger partial charge in [0.15, 0.2) is 0 Å². The lowest BCUT2D eigenvalue weighted by Gasteiger charge is -2.27. The van der Waals surface area contributed by atoms with Crippen LogP contribution in [0.3, 0.4) is 0 Å². The van der Waals surface area contributed by atoms with Crippen molar-refractivity contribution in [1.29, 1.82) is 0 Å². The number of hydrogen-bond acceptors (Lipinski definition) is 6. The van der Waals surface area contributed by atoms with Gasteiger partial charge in [0.05, 0.1) is 20.3 Å². The van der Waals surface area contributed by atoms with E-state index in [9.17, 15) is 9.59 Å². The first-order valence-corrected chi connectivity index (χ1v) is 7.72. The highest BCUT2D eigenvalue weighted by molar-refractivity contribution is 5.90. The average Bonchev–Trinajstić information content (AvgIpc) is 3.14. The average molecular weight is 348 g/mol. The van der Waals surface area contributed by atoms with E-state index in [2.05, 4.69) is 16.4 Å². The maximum Gasteiger partial charge on any atom is 0.328 e. The number of fused-ring (bicyclic) bond motifs is 1. The quantitative estimate of drug-likeness (QED) is 0.695. The van der Waals surface area contributed by atoms with E-state index in [-0.39, 0.29) is 6.10 Å². The number of ether oxygens (including phenoxy) is 2. The van der Waals surface area contributed by atoms with Gasteiger partial charge in [-0.25, -0.2) is 9.59 Å². The van der Waals surface area contributed by atoms with Crippen LogP contribution >= 0.6 is 0 Å². The van der Waals surface area contributed by atoms with E-state index in [0.717, 1.165) is 37.7 Å². The van der Waals surface area contributed by atoms with E-state index in [1.54, 1.807) is 7.11 Å². The smallest absolute Gasteiger partial charge is 0.328 e. The Bertz CT molecular complexity index is 682.